The molecule has 0 aliphatic rings. The summed E-state index contributed by atoms with van der Waals surface area (Å²) in [5.74, 6) is -0.319. The van der Waals surface area contributed by atoms with Gasteiger partial charge in [0.15, 0.2) is 0 Å². The molecular formula is C15H16N2O2. The number of phenols is 1. The van der Waals surface area contributed by atoms with Crippen molar-refractivity contribution < 1.29 is 9.90 Å². The molecule has 0 spiro atoms. The first-order valence-electron chi connectivity index (χ1n) is 5.94. The summed E-state index contributed by atoms with van der Waals surface area (Å²) in [5.41, 5.74) is 9.18. The molecule has 1 amide bonds. The molecular weight excluding hydrogens is 240 g/mol. The number of anilines is 2. The predicted octanol–water partition coefficient (Wildman–Crippen LogP) is 2.84. The Morgan fingerprint density at radius 3 is 2.58 bits per heavy atom. The Morgan fingerprint density at radius 1 is 1.16 bits per heavy atom. The largest absolute Gasteiger partial charge is 0.508 e. The lowest BCUT2D eigenvalue weighted by molar-refractivity contribution is 0.102. The summed E-state index contributed by atoms with van der Waals surface area (Å²) in [6.07, 6.45) is 0. The van der Waals surface area contributed by atoms with Crippen molar-refractivity contribution in [3.05, 3.63) is 53.1 Å². The zero-order valence-corrected chi connectivity index (χ0v) is 10.9. The molecule has 2 aromatic rings. The van der Waals surface area contributed by atoms with Gasteiger partial charge in [0.05, 0.1) is 5.56 Å². The van der Waals surface area contributed by atoms with Gasteiger partial charge in [-0.3, -0.25) is 4.79 Å². The number of hydrogen-bond donors (Lipinski definition) is 3. The third kappa shape index (κ3) is 2.85. The molecule has 0 atom stereocenters. The molecule has 2 rings (SSSR count). The van der Waals surface area contributed by atoms with Crippen molar-refractivity contribution in [1.29, 1.82) is 0 Å². The molecule has 0 aliphatic heterocycles. The number of nitrogen functional groups attached to an aromatic ring is 1. The Balaban J connectivity index is 2.28. The summed E-state index contributed by atoms with van der Waals surface area (Å²) in [6, 6.07) is 10.1. The summed E-state index contributed by atoms with van der Waals surface area (Å²) < 4.78 is 0. The van der Waals surface area contributed by atoms with Crippen molar-refractivity contribution in [3.8, 4) is 5.75 Å². The van der Waals surface area contributed by atoms with Crippen LogP contribution in [-0.2, 0) is 0 Å². The number of benzene rings is 2. The van der Waals surface area contributed by atoms with Crippen molar-refractivity contribution in [1.82, 2.24) is 0 Å². The van der Waals surface area contributed by atoms with Crippen molar-refractivity contribution >= 4 is 17.3 Å². The molecule has 0 bridgehead atoms. The maximum atomic E-state index is 12.1. The molecule has 0 aliphatic carbocycles. The minimum absolute atomic E-state index is 0.0139. The number of nitrogens with two attached hydrogens (primary N) is 1. The Morgan fingerprint density at radius 2 is 1.89 bits per heavy atom. The van der Waals surface area contributed by atoms with E-state index in [9.17, 15) is 9.90 Å². The Kier molecular flexibility index (Phi) is 3.42. The summed E-state index contributed by atoms with van der Waals surface area (Å²) in [7, 11) is 0. The molecule has 0 heterocycles. The summed E-state index contributed by atoms with van der Waals surface area (Å²) in [6.45, 7) is 3.92. The van der Waals surface area contributed by atoms with Gasteiger partial charge in [-0.1, -0.05) is 17.7 Å². The van der Waals surface area contributed by atoms with Crippen molar-refractivity contribution in [2.75, 3.05) is 11.1 Å². The number of carbonyl (C=O) groups excluding carboxylic acids is 1. The maximum Gasteiger partial charge on any atom is 0.257 e. The lowest BCUT2D eigenvalue weighted by Crippen LogP contribution is -2.14. The normalized spacial score (nSPS) is 10.2. The number of rotatable bonds is 2. The van der Waals surface area contributed by atoms with Crippen molar-refractivity contribution in [3.63, 3.8) is 0 Å². The average Bonchev–Trinajstić information content (AvgIpc) is 2.35. The van der Waals surface area contributed by atoms with Gasteiger partial charge in [-0.2, -0.15) is 0 Å². The zero-order chi connectivity index (χ0) is 14.0. The van der Waals surface area contributed by atoms with Crippen LogP contribution in [0.1, 0.15) is 21.5 Å². The highest BCUT2D eigenvalue weighted by Crippen LogP contribution is 2.21. The standard InChI is InChI=1S/C15H16N2O2/c1-9-3-6-14(10(2)7-9)17-15(19)12-8-11(18)4-5-13(12)16/h3-8,18H,16H2,1-2H3,(H,17,19). The lowest BCUT2D eigenvalue weighted by Gasteiger charge is -2.10. The van der Waals surface area contributed by atoms with E-state index in [1.807, 2.05) is 32.0 Å². The van der Waals surface area contributed by atoms with Crippen LogP contribution >= 0.6 is 0 Å². The first kappa shape index (κ1) is 13.0. The lowest BCUT2D eigenvalue weighted by atomic mass is 10.1. The van der Waals surface area contributed by atoms with Gasteiger partial charge in [0.2, 0.25) is 0 Å². The molecule has 0 aromatic heterocycles. The second-order valence-corrected chi connectivity index (χ2v) is 4.54. The number of aryl methyl sites for hydroxylation is 2. The molecule has 98 valence electrons. The third-order valence-electron chi connectivity index (χ3n) is 2.91. The van der Waals surface area contributed by atoms with Crippen LogP contribution in [0.4, 0.5) is 11.4 Å². The van der Waals surface area contributed by atoms with Crippen LogP contribution < -0.4 is 11.1 Å². The molecule has 0 fully saturated rings. The average molecular weight is 256 g/mol. The maximum absolute atomic E-state index is 12.1. The van der Waals surface area contributed by atoms with Crippen LogP contribution in [0.2, 0.25) is 0 Å². The van der Waals surface area contributed by atoms with Gasteiger partial charge < -0.3 is 16.2 Å². The Labute approximate surface area is 111 Å². The second-order valence-electron chi connectivity index (χ2n) is 4.54. The zero-order valence-electron chi connectivity index (χ0n) is 10.9. The SMILES string of the molecule is Cc1ccc(NC(=O)c2cc(O)ccc2N)c(C)c1. The minimum atomic E-state index is -0.333. The summed E-state index contributed by atoms with van der Waals surface area (Å²) >= 11 is 0. The van der Waals surface area contributed by atoms with Gasteiger partial charge >= 0.3 is 0 Å². The van der Waals surface area contributed by atoms with Gasteiger partial charge in [-0.15, -0.1) is 0 Å². The van der Waals surface area contributed by atoms with Crippen molar-refractivity contribution in [2.24, 2.45) is 0 Å². The van der Waals surface area contributed by atoms with E-state index >= 15 is 0 Å². The Bertz CT molecular complexity index is 636. The first-order valence-corrected chi connectivity index (χ1v) is 5.94. The predicted molar refractivity (Wildman–Crippen MR) is 76.4 cm³/mol. The third-order valence-corrected chi connectivity index (χ3v) is 2.91. The number of nitrogens with one attached hydrogen (secondary N) is 1. The summed E-state index contributed by atoms with van der Waals surface area (Å²) in [4.78, 5) is 12.1. The smallest absolute Gasteiger partial charge is 0.257 e. The van der Waals surface area contributed by atoms with E-state index in [4.69, 9.17) is 5.73 Å². The molecule has 0 saturated carbocycles. The molecule has 4 N–H and O–H groups in total. The monoisotopic (exact) mass is 256 g/mol. The molecule has 4 nitrogen and oxygen atoms in total. The molecule has 0 radical (unpaired) electrons. The molecule has 0 saturated heterocycles. The number of phenolic OH excluding ortho intramolecular Hbond substituents is 1. The van der Waals surface area contributed by atoms with Crippen LogP contribution in [-0.4, -0.2) is 11.0 Å². The number of amides is 1. The van der Waals surface area contributed by atoms with Crippen LogP contribution in [0.3, 0.4) is 0 Å². The van der Waals surface area contributed by atoms with Crippen LogP contribution in [0, 0.1) is 13.8 Å². The highest BCUT2D eigenvalue weighted by atomic mass is 16.3. The van der Waals surface area contributed by atoms with E-state index in [-0.39, 0.29) is 17.2 Å². The number of carbonyl (C=O) groups is 1. The molecule has 19 heavy (non-hydrogen) atoms. The van der Waals surface area contributed by atoms with Crippen LogP contribution in [0.5, 0.6) is 5.75 Å². The van der Waals surface area contributed by atoms with E-state index < -0.39 is 0 Å². The minimum Gasteiger partial charge on any atom is -0.508 e. The van der Waals surface area contributed by atoms with Gasteiger partial charge in [-0.05, 0) is 43.7 Å². The topological polar surface area (TPSA) is 75.3 Å². The highest BCUT2D eigenvalue weighted by Gasteiger charge is 2.11. The first-order chi connectivity index (χ1) is 8.97. The van der Waals surface area contributed by atoms with E-state index in [0.717, 1.165) is 16.8 Å². The molecule has 0 unspecified atom stereocenters. The molecule has 2 aromatic carbocycles. The van der Waals surface area contributed by atoms with E-state index in [0.29, 0.717) is 5.69 Å². The van der Waals surface area contributed by atoms with Crippen LogP contribution in [0.25, 0.3) is 0 Å². The van der Waals surface area contributed by atoms with E-state index in [2.05, 4.69) is 5.32 Å². The number of hydrogen-bond acceptors (Lipinski definition) is 3. The van der Waals surface area contributed by atoms with Gasteiger partial charge in [0.1, 0.15) is 5.75 Å². The fourth-order valence-corrected chi connectivity index (χ4v) is 1.88. The Hall–Kier alpha value is -2.49. The van der Waals surface area contributed by atoms with Gasteiger partial charge in [0.25, 0.3) is 5.91 Å². The van der Waals surface area contributed by atoms with E-state index in [1.165, 1.54) is 18.2 Å². The van der Waals surface area contributed by atoms with E-state index in [1.54, 1.807) is 0 Å². The fourth-order valence-electron chi connectivity index (χ4n) is 1.88. The van der Waals surface area contributed by atoms with Gasteiger partial charge in [-0.25, -0.2) is 0 Å². The number of aromatic hydroxyl groups is 1. The second kappa shape index (κ2) is 5.02. The molecule has 4 heteroatoms. The quantitative estimate of drug-likeness (QED) is 0.571. The van der Waals surface area contributed by atoms with Crippen LogP contribution in [0.15, 0.2) is 36.4 Å². The highest BCUT2D eigenvalue weighted by molar-refractivity contribution is 6.08. The summed E-state index contributed by atoms with van der Waals surface area (Å²) in [5, 5.41) is 12.2. The fraction of sp³-hybridized carbons (Fsp3) is 0.133. The van der Waals surface area contributed by atoms with Gasteiger partial charge in [0, 0.05) is 11.4 Å². The van der Waals surface area contributed by atoms with Crippen molar-refractivity contribution in [2.45, 2.75) is 13.8 Å².